The monoisotopic (exact) mass is 363 g/mol. The number of unbranched alkanes of at least 4 members (excludes halogenated alkanes) is 1. The normalized spacial score (nSPS) is 10.9. The van der Waals surface area contributed by atoms with Gasteiger partial charge in [0.25, 0.3) is 0 Å². The van der Waals surface area contributed by atoms with E-state index in [-0.39, 0.29) is 0 Å². The molecule has 0 saturated heterocycles. The fourth-order valence-electron chi connectivity index (χ4n) is 2.92. The van der Waals surface area contributed by atoms with Gasteiger partial charge in [-0.3, -0.25) is 4.99 Å². The maximum atomic E-state index is 4.55. The Labute approximate surface area is 168 Å². The van der Waals surface area contributed by atoms with Crippen LogP contribution in [0, 0.1) is 11.8 Å². The zero-order valence-electron chi connectivity index (χ0n) is 16.3. The van der Waals surface area contributed by atoms with E-state index in [1.165, 1.54) is 16.7 Å². The third-order valence-electron chi connectivity index (χ3n) is 4.39. The van der Waals surface area contributed by atoms with Crippen LogP contribution in [0.5, 0.6) is 0 Å². The number of benzene rings is 3. The molecule has 28 heavy (non-hydrogen) atoms. The van der Waals surface area contributed by atoms with Crippen molar-refractivity contribution >= 4 is 12.3 Å². The van der Waals surface area contributed by atoms with Crippen molar-refractivity contribution in [1.82, 2.24) is 0 Å². The molecule has 0 amide bonds. The number of nitrogens with zero attached hydrogens (tertiary/aromatic N) is 1. The van der Waals surface area contributed by atoms with Gasteiger partial charge < -0.3 is 0 Å². The van der Waals surface area contributed by atoms with E-state index in [1.54, 1.807) is 0 Å². The van der Waals surface area contributed by atoms with Gasteiger partial charge in [0.1, 0.15) is 0 Å². The molecule has 0 spiro atoms. The molecule has 0 aliphatic heterocycles. The van der Waals surface area contributed by atoms with Gasteiger partial charge >= 0.3 is 0 Å². The zero-order chi connectivity index (χ0) is 19.4. The highest BCUT2D eigenvalue weighted by Gasteiger charge is 1.96. The Hall–Kier alpha value is -3.37. The van der Waals surface area contributed by atoms with E-state index in [0.717, 1.165) is 30.5 Å². The van der Waals surface area contributed by atoms with Gasteiger partial charge in [0.05, 0.1) is 0 Å². The van der Waals surface area contributed by atoms with E-state index in [2.05, 4.69) is 95.7 Å². The van der Waals surface area contributed by atoms with Gasteiger partial charge in [0.15, 0.2) is 0 Å². The zero-order valence-corrected chi connectivity index (χ0v) is 16.3. The number of aliphatic imine (C=N–C) groups is 1. The van der Waals surface area contributed by atoms with E-state index >= 15 is 0 Å². The van der Waals surface area contributed by atoms with E-state index in [0.29, 0.717) is 0 Å². The summed E-state index contributed by atoms with van der Waals surface area (Å²) in [7, 11) is 0. The van der Waals surface area contributed by atoms with Crippen molar-refractivity contribution in [2.45, 2.75) is 19.8 Å². The highest BCUT2D eigenvalue weighted by atomic mass is 14.7. The average Bonchev–Trinajstić information content (AvgIpc) is 2.75. The third kappa shape index (κ3) is 5.83. The molecular weight excluding hydrogens is 338 g/mol. The van der Waals surface area contributed by atoms with E-state index < -0.39 is 0 Å². The second-order valence-corrected chi connectivity index (χ2v) is 6.51. The minimum atomic E-state index is 0.797. The van der Waals surface area contributed by atoms with Crippen molar-refractivity contribution in [3.63, 3.8) is 0 Å². The Morgan fingerprint density at radius 1 is 0.786 bits per heavy atom. The Kier molecular flexibility index (Phi) is 7.41. The topological polar surface area (TPSA) is 12.4 Å². The van der Waals surface area contributed by atoms with Crippen LogP contribution in [0.25, 0.3) is 17.2 Å². The van der Waals surface area contributed by atoms with Crippen LogP contribution in [0.15, 0.2) is 89.9 Å². The first-order valence-corrected chi connectivity index (χ1v) is 9.73. The van der Waals surface area contributed by atoms with Crippen molar-refractivity contribution in [1.29, 1.82) is 0 Å². The smallest absolute Gasteiger partial charge is 0.0398 e. The van der Waals surface area contributed by atoms with Crippen molar-refractivity contribution in [3.8, 4) is 23.0 Å². The lowest BCUT2D eigenvalue weighted by molar-refractivity contribution is 0.873. The molecule has 0 N–H and O–H groups in total. The SMILES string of the molecule is C/C=C\c1ccccc1/C=N/CCCC#Cc1ccc(-c2ccccc2)cc1. The maximum Gasteiger partial charge on any atom is 0.0398 e. The predicted molar refractivity (Wildman–Crippen MR) is 122 cm³/mol. The van der Waals surface area contributed by atoms with Crippen LogP contribution < -0.4 is 0 Å². The third-order valence-corrected chi connectivity index (χ3v) is 4.39. The molecule has 1 heteroatoms. The summed E-state index contributed by atoms with van der Waals surface area (Å²) in [6.07, 6.45) is 7.95. The summed E-state index contributed by atoms with van der Waals surface area (Å²) in [5, 5.41) is 0. The summed E-state index contributed by atoms with van der Waals surface area (Å²) in [4.78, 5) is 4.55. The molecule has 0 bridgehead atoms. The first kappa shape index (κ1) is 19.4. The lowest BCUT2D eigenvalue weighted by Gasteiger charge is -2.00. The molecular formula is C27H25N. The summed E-state index contributed by atoms with van der Waals surface area (Å²) in [6.45, 7) is 2.83. The van der Waals surface area contributed by atoms with E-state index in [9.17, 15) is 0 Å². The summed E-state index contributed by atoms with van der Waals surface area (Å²) in [6, 6.07) is 27.1. The van der Waals surface area contributed by atoms with Gasteiger partial charge in [0.2, 0.25) is 0 Å². The molecule has 0 heterocycles. The number of allylic oxidation sites excluding steroid dienone is 1. The maximum absolute atomic E-state index is 4.55. The largest absolute Gasteiger partial charge is 0.293 e. The van der Waals surface area contributed by atoms with Gasteiger partial charge in [0, 0.05) is 24.7 Å². The first-order valence-electron chi connectivity index (χ1n) is 9.73. The molecule has 3 rings (SSSR count). The molecule has 0 aliphatic carbocycles. The summed E-state index contributed by atoms with van der Waals surface area (Å²) in [5.41, 5.74) is 5.87. The lowest BCUT2D eigenvalue weighted by atomic mass is 10.0. The number of rotatable bonds is 6. The molecule has 3 aromatic rings. The fraction of sp³-hybridized carbons (Fsp3) is 0.148. The molecule has 0 radical (unpaired) electrons. The number of hydrogen-bond acceptors (Lipinski definition) is 1. The van der Waals surface area contributed by atoms with Gasteiger partial charge in [-0.05, 0) is 47.7 Å². The molecule has 0 aliphatic rings. The molecule has 0 atom stereocenters. The lowest BCUT2D eigenvalue weighted by Crippen LogP contribution is -1.88. The Bertz CT molecular complexity index is 984. The predicted octanol–water partition coefficient (Wildman–Crippen LogP) is 6.64. The highest BCUT2D eigenvalue weighted by Crippen LogP contribution is 2.18. The average molecular weight is 364 g/mol. The highest BCUT2D eigenvalue weighted by molar-refractivity contribution is 5.85. The fourth-order valence-corrected chi connectivity index (χ4v) is 2.92. The van der Waals surface area contributed by atoms with Crippen molar-refractivity contribution < 1.29 is 0 Å². The quantitative estimate of drug-likeness (QED) is 0.264. The Balaban J connectivity index is 1.47. The second-order valence-electron chi connectivity index (χ2n) is 6.51. The number of hydrogen-bond donors (Lipinski definition) is 0. The van der Waals surface area contributed by atoms with E-state index in [1.807, 2.05) is 25.3 Å². The summed E-state index contributed by atoms with van der Waals surface area (Å²) in [5.74, 6) is 6.50. The molecule has 0 fully saturated rings. The van der Waals surface area contributed by atoms with Crippen LogP contribution in [0.4, 0.5) is 0 Å². The molecule has 0 unspecified atom stereocenters. The first-order chi connectivity index (χ1) is 13.9. The van der Waals surface area contributed by atoms with Gasteiger partial charge in [-0.2, -0.15) is 0 Å². The molecule has 0 aromatic heterocycles. The minimum absolute atomic E-state index is 0.797. The van der Waals surface area contributed by atoms with Crippen molar-refractivity contribution in [2.24, 2.45) is 4.99 Å². The van der Waals surface area contributed by atoms with Crippen molar-refractivity contribution in [3.05, 3.63) is 102 Å². The standard InChI is InChI=1S/C27H25N/c1-2-11-24-15-8-9-16-27(24)22-28-21-10-4-5-12-23-17-19-26(20-18-23)25-13-6-3-7-14-25/h2-3,6-9,11,13-20,22H,4,10,21H2,1H3/b11-2-,28-22+. The molecule has 138 valence electrons. The van der Waals surface area contributed by atoms with Crippen LogP contribution in [0.3, 0.4) is 0 Å². The Morgan fingerprint density at radius 3 is 2.21 bits per heavy atom. The molecule has 1 nitrogen and oxygen atoms in total. The van der Waals surface area contributed by atoms with Crippen LogP contribution in [0.1, 0.15) is 36.5 Å². The Morgan fingerprint density at radius 2 is 1.46 bits per heavy atom. The van der Waals surface area contributed by atoms with Crippen LogP contribution >= 0.6 is 0 Å². The van der Waals surface area contributed by atoms with Crippen LogP contribution in [0.2, 0.25) is 0 Å². The summed E-state index contributed by atoms with van der Waals surface area (Å²) < 4.78 is 0. The van der Waals surface area contributed by atoms with Crippen LogP contribution in [-0.2, 0) is 0 Å². The molecule has 0 saturated carbocycles. The van der Waals surface area contributed by atoms with Crippen molar-refractivity contribution in [2.75, 3.05) is 6.54 Å². The van der Waals surface area contributed by atoms with Crippen LogP contribution in [-0.4, -0.2) is 12.8 Å². The summed E-state index contributed by atoms with van der Waals surface area (Å²) >= 11 is 0. The van der Waals surface area contributed by atoms with Gasteiger partial charge in [-0.1, -0.05) is 90.7 Å². The minimum Gasteiger partial charge on any atom is -0.293 e. The van der Waals surface area contributed by atoms with E-state index in [4.69, 9.17) is 0 Å². The second kappa shape index (κ2) is 10.7. The molecule has 3 aromatic carbocycles. The van der Waals surface area contributed by atoms with Gasteiger partial charge in [-0.25, -0.2) is 0 Å². The van der Waals surface area contributed by atoms with Gasteiger partial charge in [-0.15, -0.1) is 0 Å².